The van der Waals surface area contributed by atoms with Crippen LogP contribution < -0.4 is 4.74 Å². The molecule has 1 spiro atoms. The molecule has 0 amide bonds. The van der Waals surface area contributed by atoms with Crippen molar-refractivity contribution in [2.45, 2.75) is 25.0 Å². The van der Waals surface area contributed by atoms with Gasteiger partial charge in [-0.3, -0.25) is 9.47 Å². The Morgan fingerprint density at radius 1 is 1.24 bits per heavy atom. The number of rotatable bonds is 0. The van der Waals surface area contributed by atoms with Crippen molar-refractivity contribution in [1.82, 2.24) is 14.5 Å². The van der Waals surface area contributed by atoms with E-state index in [4.69, 9.17) is 27.9 Å². The molecule has 2 bridgehead atoms. The molecule has 17 heavy (non-hydrogen) atoms. The van der Waals surface area contributed by atoms with E-state index in [0.717, 1.165) is 13.1 Å². The predicted octanol–water partition coefficient (Wildman–Crippen LogP) is 2.05. The fourth-order valence-electron chi connectivity index (χ4n) is 3.50. The van der Waals surface area contributed by atoms with Gasteiger partial charge in [-0.15, -0.1) is 0 Å². The maximum Gasteiger partial charge on any atom is 0.299 e. The van der Waals surface area contributed by atoms with Crippen LogP contribution in [0.5, 0.6) is 6.01 Å². The minimum absolute atomic E-state index is 0.104. The zero-order valence-electron chi connectivity index (χ0n) is 9.33. The number of fused-ring (bicyclic) bond motifs is 3. The number of ether oxygens (including phenoxy) is 1. The molecule has 0 aliphatic carbocycles. The first-order valence-corrected chi connectivity index (χ1v) is 6.76. The molecule has 0 unspecified atom stereocenters. The van der Waals surface area contributed by atoms with E-state index in [2.05, 4.69) is 9.88 Å². The Morgan fingerprint density at radius 3 is 2.59 bits per heavy atom. The zero-order valence-corrected chi connectivity index (χ0v) is 10.8. The number of nitrogens with zero attached hydrogens (tertiary/aromatic N) is 3. The third kappa shape index (κ3) is 1.32. The van der Waals surface area contributed by atoms with Gasteiger partial charge in [0.25, 0.3) is 6.01 Å². The normalized spacial score (nSPS) is 38.5. The zero-order chi connectivity index (χ0) is 11.6. The van der Waals surface area contributed by atoms with Crippen molar-refractivity contribution in [2.75, 3.05) is 19.6 Å². The van der Waals surface area contributed by atoms with E-state index in [1.165, 1.54) is 25.9 Å². The average Bonchev–Trinajstić information content (AvgIpc) is 2.79. The third-order valence-electron chi connectivity index (χ3n) is 4.38. The maximum absolute atomic E-state index is 6.13. The minimum Gasteiger partial charge on any atom is -0.454 e. The molecule has 0 aromatic carbocycles. The summed E-state index contributed by atoms with van der Waals surface area (Å²) in [5, 5.41) is 0.854. The summed E-state index contributed by atoms with van der Waals surface area (Å²) in [6, 6.07) is 0.591. The van der Waals surface area contributed by atoms with Gasteiger partial charge in [0, 0.05) is 12.5 Å². The number of hydrogen-bond donors (Lipinski definition) is 0. The van der Waals surface area contributed by atoms with Crippen LogP contribution in [0.2, 0.25) is 10.3 Å². The first kappa shape index (κ1) is 10.5. The van der Waals surface area contributed by atoms with Gasteiger partial charge in [0.2, 0.25) is 0 Å². The second-order valence-corrected chi connectivity index (χ2v) is 6.00. The van der Waals surface area contributed by atoms with Crippen molar-refractivity contribution in [2.24, 2.45) is 5.92 Å². The lowest BCUT2D eigenvalue weighted by molar-refractivity contribution is -0.0834. The highest BCUT2D eigenvalue weighted by atomic mass is 35.5. The summed E-state index contributed by atoms with van der Waals surface area (Å²) in [5.74, 6) is 0.629. The Morgan fingerprint density at radius 2 is 2.00 bits per heavy atom. The average molecular weight is 274 g/mol. The van der Waals surface area contributed by atoms with Crippen molar-refractivity contribution in [3.8, 4) is 6.01 Å². The topological polar surface area (TPSA) is 30.3 Å². The van der Waals surface area contributed by atoms with Gasteiger partial charge in [0.15, 0.2) is 10.3 Å². The molecule has 0 N–H and O–H groups in total. The Bertz CT molecular complexity index is 481. The molecule has 1 aromatic heterocycles. The highest BCUT2D eigenvalue weighted by Gasteiger charge is 2.53. The number of aromatic nitrogens is 2. The van der Waals surface area contributed by atoms with Gasteiger partial charge in [-0.2, -0.15) is 4.98 Å². The number of piperidine rings is 3. The SMILES string of the molecule is Clc1nc2n(c1Cl)C[C@]1(CN3CCC1CC3)O2. The van der Waals surface area contributed by atoms with Crippen LogP contribution in [0.4, 0.5) is 0 Å². The summed E-state index contributed by atoms with van der Waals surface area (Å²) in [6.45, 7) is 4.19. The molecule has 3 fully saturated rings. The molecule has 1 atom stereocenters. The van der Waals surface area contributed by atoms with Gasteiger partial charge in [0.05, 0.1) is 6.54 Å². The van der Waals surface area contributed by atoms with Gasteiger partial charge >= 0.3 is 0 Å². The summed E-state index contributed by atoms with van der Waals surface area (Å²) in [7, 11) is 0. The quantitative estimate of drug-likeness (QED) is 0.725. The number of hydrogen-bond acceptors (Lipinski definition) is 3. The molecule has 1 aromatic rings. The van der Waals surface area contributed by atoms with Crippen LogP contribution in [0.1, 0.15) is 12.8 Å². The lowest BCUT2D eigenvalue weighted by atomic mass is 9.75. The number of imidazole rings is 1. The van der Waals surface area contributed by atoms with Crippen LogP contribution >= 0.6 is 23.2 Å². The fourth-order valence-corrected chi connectivity index (χ4v) is 3.85. The van der Waals surface area contributed by atoms with E-state index in [1.54, 1.807) is 0 Å². The predicted molar refractivity (Wildman–Crippen MR) is 64.8 cm³/mol. The van der Waals surface area contributed by atoms with Crippen LogP contribution in [0.3, 0.4) is 0 Å². The smallest absolute Gasteiger partial charge is 0.299 e. The molecule has 0 saturated carbocycles. The highest BCUT2D eigenvalue weighted by Crippen LogP contribution is 2.45. The molecule has 4 aliphatic rings. The Hall–Kier alpha value is -0.450. The summed E-state index contributed by atoms with van der Waals surface area (Å²) >= 11 is 12.0. The minimum atomic E-state index is -0.104. The summed E-state index contributed by atoms with van der Waals surface area (Å²) in [5.41, 5.74) is -0.104. The van der Waals surface area contributed by atoms with Gasteiger partial charge in [0.1, 0.15) is 5.60 Å². The molecule has 4 nitrogen and oxygen atoms in total. The first-order chi connectivity index (χ1) is 8.18. The molecule has 3 saturated heterocycles. The second kappa shape index (κ2) is 3.31. The van der Waals surface area contributed by atoms with Crippen molar-refractivity contribution >= 4 is 23.2 Å². The molecule has 5 heterocycles. The molecular weight excluding hydrogens is 261 g/mol. The van der Waals surface area contributed by atoms with Gasteiger partial charge in [-0.25, -0.2) is 0 Å². The van der Waals surface area contributed by atoms with Crippen LogP contribution in [-0.2, 0) is 6.54 Å². The lowest BCUT2D eigenvalue weighted by Crippen LogP contribution is -2.61. The van der Waals surface area contributed by atoms with Crippen LogP contribution in [0.15, 0.2) is 0 Å². The monoisotopic (exact) mass is 273 g/mol. The fraction of sp³-hybridized carbons (Fsp3) is 0.727. The molecule has 4 aliphatic heterocycles. The van der Waals surface area contributed by atoms with Crippen molar-refractivity contribution in [1.29, 1.82) is 0 Å². The van der Waals surface area contributed by atoms with Crippen LogP contribution in [0.25, 0.3) is 0 Å². The molecule has 6 heteroatoms. The Kier molecular flexibility index (Phi) is 2.04. The van der Waals surface area contributed by atoms with Crippen molar-refractivity contribution in [3.05, 3.63) is 10.3 Å². The van der Waals surface area contributed by atoms with E-state index in [9.17, 15) is 0 Å². The summed E-state index contributed by atoms with van der Waals surface area (Å²) in [4.78, 5) is 6.65. The molecule has 5 rings (SSSR count). The van der Waals surface area contributed by atoms with Gasteiger partial charge < -0.3 is 4.74 Å². The first-order valence-electron chi connectivity index (χ1n) is 6.01. The standard InChI is InChI=1S/C11H13Cl2N3O/c12-8-9(13)16-6-11(17-10(16)14-8)5-15-3-1-7(11)2-4-15/h7H,1-6H2/t11-/m0/s1. The maximum atomic E-state index is 6.13. The largest absolute Gasteiger partial charge is 0.454 e. The lowest BCUT2D eigenvalue weighted by Gasteiger charge is -2.50. The van der Waals surface area contributed by atoms with E-state index >= 15 is 0 Å². The van der Waals surface area contributed by atoms with Gasteiger partial charge in [-0.05, 0) is 25.9 Å². The van der Waals surface area contributed by atoms with Crippen LogP contribution in [0, 0.1) is 5.92 Å². The second-order valence-electron chi connectivity index (χ2n) is 5.28. The van der Waals surface area contributed by atoms with E-state index < -0.39 is 0 Å². The molecule has 0 radical (unpaired) electrons. The molecule has 92 valence electrons. The van der Waals surface area contributed by atoms with E-state index in [1.807, 2.05) is 4.57 Å². The highest BCUT2D eigenvalue weighted by molar-refractivity contribution is 6.40. The van der Waals surface area contributed by atoms with Crippen molar-refractivity contribution < 1.29 is 4.74 Å². The summed E-state index contributed by atoms with van der Waals surface area (Å²) in [6.07, 6.45) is 2.44. The van der Waals surface area contributed by atoms with Gasteiger partial charge in [-0.1, -0.05) is 23.2 Å². The summed E-state index contributed by atoms with van der Waals surface area (Å²) < 4.78 is 8.02. The van der Waals surface area contributed by atoms with E-state index in [0.29, 0.717) is 22.2 Å². The van der Waals surface area contributed by atoms with E-state index in [-0.39, 0.29) is 5.60 Å². The third-order valence-corrected chi connectivity index (χ3v) is 5.12. The molecular formula is C11H13Cl2N3O. The Labute approximate surface area is 109 Å². The number of halogens is 2. The van der Waals surface area contributed by atoms with Crippen molar-refractivity contribution in [3.63, 3.8) is 0 Å². The van der Waals surface area contributed by atoms with Crippen LogP contribution in [-0.4, -0.2) is 39.7 Å². The Balaban J connectivity index is 1.71.